The number of esters is 1. The number of likely N-dealkylation sites (tertiary alicyclic amines) is 1. The Morgan fingerprint density at radius 2 is 1.88 bits per heavy atom. The van der Waals surface area contributed by atoms with Crippen molar-refractivity contribution in [2.24, 2.45) is 5.92 Å². The smallest absolute Gasteiger partial charge is 0.308 e. The van der Waals surface area contributed by atoms with Crippen molar-refractivity contribution in [2.45, 2.75) is 25.4 Å². The van der Waals surface area contributed by atoms with Gasteiger partial charge in [0, 0.05) is 19.1 Å². The molecule has 1 unspecified atom stereocenters. The van der Waals surface area contributed by atoms with E-state index in [-0.39, 0.29) is 36.0 Å². The van der Waals surface area contributed by atoms with Crippen LogP contribution in [0, 0.1) is 11.7 Å². The monoisotopic (exact) mass is 370 g/mol. The summed E-state index contributed by atoms with van der Waals surface area (Å²) in [6.07, 6.45) is 1.39. The first-order chi connectivity index (χ1) is 11.9. The van der Waals surface area contributed by atoms with Crippen molar-refractivity contribution in [1.82, 2.24) is 9.21 Å². The molecule has 0 aromatic heterocycles. The molecule has 0 aliphatic carbocycles. The van der Waals surface area contributed by atoms with Crippen LogP contribution in [0.4, 0.5) is 4.39 Å². The lowest BCUT2D eigenvalue weighted by Gasteiger charge is -2.34. The molecular formula is C17H23FN2O4S. The molecule has 1 aromatic rings. The molecule has 138 valence electrons. The van der Waals surface area contributed by atoms with Gasteiger partial charge in [0.1, 0.15) is 5.82 Å². The molecule has 2 heterocycles. The van der Waals surface area contributed by atoms with E-state index in [1.165, 1.54) is 23.5 Å². The Morgan fingerprint density at radius 3 is 2.48 bits per heavy atom. The van der Waals surface area contributed by atoms with Crippen LogP contribution in [0.5, 0.6) is 0 Å². The highest BCUT2D eigenvalue weighted by atomic mass is 32.2. The van der Waals surface area contributed by atoms with Gasteiger partial charge in [-0.15, -0.1) is 0 Å². The van der Waals surface area contributed by atoms with Gasteiger partial charge in [-0.1, -0.05) is 12.1 Å². The Balaban J connectivity index is 1.60. The number of benzene rings is 1. The molecule has 2 aliphatic heterocycles. The van der Waals surface area contributed by atoms with Crippen molar-refractivity contribution in [1.29, 1.82) is 0 Å². The Labute approximate surface area is 147 Å². The number of nitrogens with zero attached hydrogens (tertiary/aromatic N) is 2. The number of carbonyl (C=O) groups is 1. The van der Waals surface area contributed by atoms with Gasteiger partial charge in [-0.05, 0) is 43.6 Å². The van der Waals surface area contributed by atoms with E-state index in [2.05, 4.69) is 4.90 Å². The third kappa shape index (κ3) is 4.19. The van der Waals surface area contributed by atoms with E-state index in [4.69, 9.17) is 4.74 Å². The molecule has 0 bridgehead atoms. The number of carbonyl (C=O) groups excluding carboxylic acids is 1. The number of rotatable bonds is 4. The van der Waals surface area contributed by atoms with Gasteiger partial charge >= 0.3 is 5.97 Å². The zero-order valence-electron chi connectivity index (χ0n) is 14.2. The number of sulfonamides is 1. The van der Waals surface area contributed by atoms with Crippen molar-refractivity contribution in [3.8, 4) is 0 Å². The predicted molar refractivity (Wildman–Crippen MR) is 90.7 cm³/mol. The molecular weight excluding hydrogens is 347 g/mol. The fourth-order valence-electron chi connectivity index (χ4n) is 3.59. The molecule has 8 heteroatoms. The minimum Gasteiger partial charge on any atom is -0.469 e. The minimum absolute atomic E-state index is 0.0657. The van der Waals surface area contributed by atoms with Crippen LogP contribution < -0.4 is 0 Å². The summed E-state index contributed by atoms with van der Waals surface area (Å²) in [5, 5.41) is 0. The fourth-order valence-corrected chi connectivity index (χ4v) is 5.35. The topological polar surface area (TPSA) is 66.9 Å². The van der Waals surface area contributed by atoms with Crippen molar-refractivity contribution >= 4 is 16.0 Å². The zero-order valence-corrected chi connectivity index (χ0v) is 15.0. The highest BCUT2D eigenvalue weighted by Crippen LogP contribution is 2.26. The molecule has 2 fully saturated rings. The fraction of sp³-hybridized carbons (Fsp3) is 0.588. The van der Waals surface area contributed by atoms with Crippen molar-refractivity contribution in [2.75, 3.05) is 32.5 Å². The summed E-state index contributed by atoms with van der Waals surface area (Å²) in [4.78, 5) is 13.8. The van der Waals surface area contributed by atoms with Crippen LogP contribution >= 0.6 is 0 Å². The molecule has 2 aliphatic rings. The SMILES string of the molecule is COC(=O)C1CCN(C2CN(Cc3ccc(F)cc3)S(=O)(=O)C2)CC1. The molecule has 0 saturated carbocycles. The summed E-state index contributed by atoms with van der Waals surface area (Å²) < 4.78 is 44.2. The van der Waals surface area contributed by atoms with Crippen molar-refractivity contribution in [3.05, 3.63) is 35.6 Å². The molecule has 0 spiro atoms. The van der Waals surface area contributed by atoms with Gasteiger partial charge in [0.05, 0.1) is 18.8 Å². The third-order valence-electron chi connectivity index (χ3n) is 5.06. The van der Waals surface area contributed by atoms with E-state index in [0.717, 1.165) is 5.56 Å². The Kier molecular flexibility index (Phi) is 5.41. The Hall–Kier alpha value is -1.51. The summed E-state index contributed by atoms with van der Waals surface area (Å²) in [5.41, 5.74) is 0.773. The maximum Gasteiger partial charge on any atom is 0.308 e. The van der Waals surface area contributed by atoms with Crippen LogP contribution in [0.15, 0.2) is 24.3 Å². The normalized spacial score (nSPS) is 25.1. The van der Waals surface area contributed by atoms with E-state index in [9.17, 15) is 17.6 Å². The van der Waals surface area contributed by atoms with Crippen LogP contribution in [-0.4, -0.2) is 62.1 Å². The van der Waals surface area contributed by atoms with E-state index in [1.54, 1.807) is 12.1 Å². The summed E-state index contributed by atoms with van der Waals surface area (Å²) in [6.45, 7) is 2.09. The number of methoxy groups -OCH3 is 1. The lowest BCUT2D eigenvalue weighted by molar-refractivity contribution is -0.147. The molecule has 2 saturated heterocycles. The lowest BCUT2D eigenvalue weighted by atomic mass is 9.96. The maximum absolute atomic E-state index is 13.0. The van der Waals surface area contributed by atoms with Gasteiger partial charge in [0.2, 0.25) is 10.0 Å². The van der Waals surface area contributed by atoms with Gasteiger partial charge < -0.3 is 4.74 Å². The summed E-state index contributed by atoms with van der Waals surface area (Å²) in [5.74, 6) is -0.512. The largest absolute Gasteiger partial charge is 0.469 e. The number of ether oxygens (including phenoxy) is 1. The lowest BCUT2D eigenvalue weighted by Crippen LogP contribution is -2.45. The van der Waals surface area contributed by atoms with Crippen LogP contribution in [0.2, 0.25) is 0 Å². The summed E-state index contributed by atoms with van der Waals surface area (Å²) >= 11 is 0. The van der Waals surface area contributed by atoms with Crippen LogP contribution in [-0.2, 0) is 26.1 Å². The minimum atomic E-state index is -3.32. The average Bonchev–Trinajstić information content (AvgIpc) is 2.91. The number of halogens is 1. The maximum atomic E-state index is 13.0. The first-order valence-corrected chi connectivity index (χ1v) is 10.0. The van der Waals surface area contributed by atoms with Crippen molar-refractivity contribution < 1.29 is 22.3 Å². The Morgan fingerprint density at radius 1 is 1.24 bits per heavy atom. The number of hydrogen-bond donors (Lipinski definition) is 0. The highest BCUT2D eigenvalue weighted by molar-refractivity contribution is 7.89. The second-order valence-electron chi connectivity index (χ2n) is 6.68. The van der Waals surface area contributed by atoms with Crippen LogP contribution in [0.3, 0.4) is 0 Å². The van der Waals surface area contributed by atoms with Gasteiger partial charge in [-0.3, -0.25) is 9.69 Å². The molecule has 0 N–H and O–H groups in total. The quantitative estimate of drug-likeness (QED) is 0.746. The van der Waals surface area contributed by atoms with E-state index < -0.39 is 10.0 Å². The molecule has 6 nitrogen and oxygen atoms in total. The van der Waals surface area contributed by atoms with Crippen LogP contribution in [0.25, 0.3) is 0 Å². The van der Waals surface area contributed by atoms with E-state index in [1.807, 2.05) is 0 Å². The summed E-state index contributed by atoms with van der Waals surface area (Å²) in [6, 6.07) is 5.84. The van der Waals surface area contributed by atoms with E-state index >= 15 is 0 Å². The van der Waals surface area contributed by atoms with Crippen LogP contribution in [0.1, 0.15) is 18.4 Å². The standard InChI is InChI=1S/C17H23FN2O4S/c1-24-17(21)14-6-8-19(9-7-14)16-11-20(25(22,23)12-16)10-13-2-4-15(18)5-3-13/h2-5,14,16H,6-12H2,1H3. The first-order valence-electron chi connectivity index (χ1n) is 8.43. The molecule has 3 rings (SSSR count). The molecule has 1 atom stereocenters. The molecule has 0 amide bonds. The van der Waals surface area contributed by atoms with Gasteiger partial charge in [-0.2, -0.15) is 4.31 Å². The van der Waals surface area contributed by atoms with E-state index in [0.29, 0.717) is 32.5 Å². The first kappa shape index (κ1) is 18.3. The second-order valence-corrected chi connectivity index (χ2v) is 8.70. The molecule has 0 radical (unpaired) electrons. The highest BCUT2D eigenvalue weighted by Gasteiger charge is 2.40. The predicted octanol–water partition coefficient (Wildman–Crippen LogP) is 1.22. The zero-order chi connectivity index (χ0) is 18.0. The molecule has 25 heavy (non-hydrogen) atoms. The number of piperidine rings is 1. The average molecular weight is 370 g/mol. The van der Waals surface area contributed by atoms with Crippen molar-refractivity contribution in [3.63, 3.8) is 0 Å². The second kappa shape index (κ2) is 7.39. The summed E-state index contributed by atoms with van der Waals surface area (Å²) in [7, 11) is -1.93. The van der Waals surface area contributed by atoms with Gasteiger partial charge in [0.25, 0.3) is 0 Å². The molecule has 1 aromatic carbocycles. The van der Waals surface area contributed by atoms with Gasteiger partial charge in [-0.25, -0.2) is 12.8 Å². The third-order valence-corrected chi connectivity index (χ3v) is 6.93. The Bertz CT molecular complexity index is 715. The van der Waals surface area contributed by atoms with Gasteiger partial charge in [0.15, 0.2) is 0 Å². The number of hydrogen-bond acceptors (Lipinski definition) is 5.